The van der Waals surface area contributed by atoms with Crippen molar-refractivity contribution in [3.63, 3.8) is 0 Å². The van der Waals surface area contributed by atoms with Gasteiger partial charge >= 0.3 is 5.97 Å². The highest BCUT2D eigenvalue weighted by Crippen LogP contribution is 2.32. The van der Waals surface area contributed by atoms with Crippen molar-refractivity contribution < 1.29 is 9.53 Å². The number of hydrogen-bond donors (Lipinski definition) is 1. The van der Waals surface area contributed by atoms with E-state index in [0.29, 0.717) is 6.54 Å². The number of esters is 1. The van der Waals surface area contributed by atoms with E-state index in [4.69, 9.17) is 4.74 Å². The van der Waals surface area contributed by atoms with Crippen LogP contribution >= 0.6 is 0 Å². The second-order valence-corrected chi connectivity index (χ2v) is 3.10. The van der Waals surface area contributed by atoms with Gasteiger partial charge in [0.25, 0.3) is 0 Å². The van der Waals surface area contributed by atoms with Crippen LogP contribution in [0.3, 0.4) is 0 Å². The van der Waals surface area contributed by atoms with E-state index in [9.17, 15) is 4.79 Å². The Labute approximate surface area is 72.8 Å². The first-order valence-electron chi connectivity index (χ1n) is 4.19. The molecule has 1 saturated carbocycles. The first kappa shape index (κ1) is 9.26. The van der Waals surface area contributed by atoms with Gasteiger partial charge in [0.2, 0.25) is 0 Å². The normalized spacial score (nSPS) is 19.4. The van der Waals surface area contributed by atoms with E-state index in [1.165, 1.54) is 7.11 Å². The zero-order valence-electron chi connectivity index (χ0n) is 7.43. The molecule has 1 aliphatic rings. The van der Waals surface area contributed by atoms with E-state index in [2.05, 4.69) is 11.9 Å². The standard InChI is InChI=1S/C9H15NO2/c1-3-7-10-9(5-4-6-9)8(11)12-2/h3,10H,1,4-7H2,2H3. The average molecular weight is 169 g/mol. The van der Waals surface area contributed by atoms with Gasteiger partial charge in [0.1, 0.15) is 5.54 Å². The van der Waals surface area contributed by atoms with Crippen LogP contribution in [-0.2, 0) is 9.53 Å². The van der Waals surface area contributed by atoms with Crippen molar-refractivity contribution in [2.24, 2.45) is 0 Å². The topological polar surface area (TPSA) is 38.3 Å². The minimum Gasteiger partial charge on any atom is -0.468 e. The Hall–Kier alpha value is -0.830. The van der Waals surface area contributed by atoms with Crippen molar-refractivity contribution in [1.82, 2.24) is 5.32 Å². The van der Waals surface area contributed by atoms with Gasteiger partial charge in [-0.15, -0.1) is 6.58 Å². The maximum atomic E-state index is 11.3. The van der Waals surface area contributed by atoms with Crippen LogP contribution in [0.25, 0.3) is 0 Å². The summed E-state index contributed by atoms with van der Waals surface area (Å²) in [4.78, 5) is 11.3. The number of hydrogen-bond acceptors (Lipinski definition) is 3. The molecule has 0 spiro atoms. The molecule has 0 atom stereocenters. The van der Waals surface area contributed by atoms with E-state index < -0.39 is 5.54 Å². The van der Waals surface area contributed by atoms with Crippen LogP contribution in [0.15, 0.2) is 12.7 Å². The summed E-state index contributed by atoms with van der Waals surface area (Å²) >= 11 is 0. The molecule has 0 aliphatic heterocycles. The molecule has 0 amide bonds. The van der Waals surface area contributed by atoms with Gasteiger partial charge < -0.3 is 4.74 Å². The first-order chi connectivity index (χ1) is 5.75. The van der Waals surface area contributed by atoms with Crippen molar-refractivity contribution >= 4 is 5.97 Å². The van der Waals surface area contributed by atoms with Gasteiger partial charge in [0.05, 0.1) is 7.11 Å². The van der Waals surface area contributed by atoms with Crippen molar-refractivity contribution in [1.29, 1.82) is 0 Å². The molecular formula is C9H15NO2. The quantitative estimate of drug-likeness (QED) is 0.501. The predicted molar refractivity (Wildman–Crippen MR) is 46.8 cm³/mol. The van der Waals surface area contributed by atoms with Crippen LogP contribution in [-0.4, -0.2) is 25.2 Å². The lowest BCUT2D eigenvalue weighted by atomic mass is 9.77. The third-order valence-corrected chi connectivity index (χ3v) is 2.37. The van der Waals surface area contributed by atoms with Gasteiger partial charge in [-0.25, -0.2) is 0 Å². The lowest BCUT2D eigenvalue weighted by Gasteiger charge is -2.39. The Morgan fingerprint density at radius 3 is 2.75 bits per heavy atom. The highest BCUT2D eigenvalue weighted by Gasteiger charge is 2.44. The highest BCUT2D eigenvalue weighted by atomic mass is 16.5. The van der Waals surface area contributed by atoms with Gasteiger partial charge in [0, 0.05) is 6.54 Å². The number of ether oxygens (including phenoxy) is 1. The second-order valence-electron chi connectivity index (χ2n) is 3.10. The summed E-state index contributed by atoms with van der Waals surface area (Å²) < 4.78 is 4.72. The van der Waals surface area contributed by atoms with Gasteiger partial charge in [-0.2, -0.15) is 0 Å². The van der Waals surface area contributed by atoms with Crippen LogP contribution in [0.4, 0.5) is 0 Å². The summed E-state index contributed by atoms with van der Waals surface area (Å²) in [5, 5.41) is 3.14. The predicted octanol–water partition coefficient (Wildman–Crippen LogP) is 0.858. The molecule has 0 heterocycles. The Morgan fingerprint density at radius 2 is 2.42 bits per heavy atom. The minimum atomic E-state index is -0.400. The minimum absolute atomic E-state index is 0.143. The fourth-order valence-corrected chi connectivity index (χ4v) is 1.45. The molecule has 12 heavy (non-hydrogen) atoms. The highest BCUT2D eigenvalue weighted by molar-refractivity contribution is 5.81. The molecular weight excluding hydrogens is 154 g/mol. The smallest absolute Gasteiger partial charge is 0.326 e. The summed E-state index contributed by atoms with van der Waals surface area (Å²) in [6.07, 6.45) is 4.61. The number of carbonyl (C=O) groups is 1. The zero-order chi connectivity index (χ0) is 9.03. The molecule has 68 valence electrons. The molecule has 0 radical (unpaired) electrons. The van der Waals surface area contributed by atoms with Crippen molar-refractivity contribution in [3.8, 4) is 0 Å². The van der Waals surface area contributed by atoms with Crippen LogP contribution in [0, 0.1) is 0 Å². The molecule has 0 unspecified atom stereocenters. The summed E-state index contributed by atoms with van der Waals surface area (Å²) in [6, 6.07) is 0. The molecule has 1 rings (SSSR count). The molecule has 0 saturated heterocycles. The van der Waals surface area contributed by atoms with Gasteiger partial charge in [0.15, 0.2) is 0 Å². The van der Waals surface area contributed by atoms with Crippen molar-refractivity contribution in [3.05, 3.63) is 12.7 Å². The monoisotopic (exact) mass is 169 g/mol. The van der Waals surface area contributed by atoms with Gasteiger partial charge in [-0.3, -0.25) is 10.1 Å². The van der Waals surface area contributed by atoms with Crippen LogP contribution < -0.4 is 5.32 Å². The van der Waals surface area contributed by atoms with Crippen molar-refractivity contribution in [2.75, 3.05) is 13.7 Å². The molecule has 0 aromatic rings. The van der Waals surface area contributed by atoms with E-state index >= 15 is 0 Å². The van der Waals surface area contributed by atoms with E-state index in [1.54, 1.807) is 6.08 Å². The third-order valence-electron chi connectivity index (χ3n) is 2.37. The summed E-state index contributed by atoms with van der Waals surface area (Å²) in [5.74, 6) is -0.143. The number of rotatable bonds is 4. The first-order valence-corrected chi connectivity index (χ1v) is 4.19. The number of methoxy groups -OCH3 is 1. The molecule has 1 fully saturated rings. The molecule has 1 N–H and O–H groups in total. The van der Waals surface area contributed by atoms with Crippen LogP contribution in [0.2, 0.25) is 0 Å². The summed E-state index contributed by atoms with van der Waals surface area (Å²) in [6.45, 7) is 4.25. The Balaban J connectivity index is 2.50. The molecule has 0 aromatic carbocycles. The van der Waals surface area contributed by atoms with Crippen LogP contribution in [0.5, 0.6) is 0 Å². The Kier molecular flexibility index (Phi) is 2.87. The largest absolute Gasteiger partial charge is 0.468 e. The summed E-state index contributed by atoms with van der Waals surface area (Å²) in [5.41, 5.74) is -0.400. The van der Waals surface area contributed by atoms with Crippen LogP contribution in [0.1, 0.15) is 19.3 Å². The van der Waals surface area contributed by atoms with Crippen molar-refractivity contribution in [2.45, 2.75) is 24.8 Å². The lowest BCUT2D eigenvalue weighted by Crippen LogP contribution is -2.57. The molecule has 3 nitrogen and oxygen atoms in total. The molecule has 0 bridgehead atoms. The summed E-state index contributed by atoms with van der Waals surface area (Å²) in [7, 11) is 1.43. The van der Waals surface area contributed by atoms with E-state index in [0.717, 1.165) is 19.3 Å². The second kappa shape index (κ2) is 3.72. The van der Waals surface area contributed by atoms with Gasteiger partial charge in [-0.05, 0) is 19.3 Å². The maximum absolute atomic E-state index is 11.3. The zero-order valence-corrected chi connectivity index (χ0v) is 7.43. The number of carbonyl (C=O) groups excluding carboxylic acids is 1. The molecule has 1 aliphatic carbocycles. The Morgan fingerprint density at radius 1 is 1.75 bits per heavy atom. The molecule has 0 aromatic heterocycles. The van der Waals surface area contributed by atoms with E-state index in [-0.39, 0.29) is 5.97 Å². The van der Waals surface area contributed by atoms with E-state index in [1.807, 2.05) is 0 Å². The average Bonchev–Trinajstić information content (AvgIpc) is 2.02. The van der Waals surface area contributed by atoms with Gasteiger partial charge in [-0.1, -0.05) is 6.08 Å². The Bertz CT molecular complexity index is 185. The number of nitrogens with one attached hydrogen (secondary N) is 1. The maximum Gasteiger partial charge on any atom is 0.326 e. The molecule has 3 heteroatoms. The fraction of sp³-hybridized carbons (Fsp3) is 0.667. The fourth-order valence-electron chi connectivity index (χ4n) is 1.45. The SMILES string of the molecule is C=CCNC1(C(=O)OC)CCC1. The lowest BCUT2D eigenvalue weighted by molar-refractivity contribution is -0.152. The third kappa shape index (κ3) is 1.50.